The highest BCUT2D eigenvalue weighted by Gasteiger charge is 2.36. The molecule has 116 valence electrons. The van der Waals surface area contributed by atoms with E-state index in [-0.39, 0.29) is 36.1 Å². The number of carbonyl (C=O) groups excluding carboxylic acids is 1. The van der Waals surface area contributed by atoms with Gasteiger partial charge in [0.25, 0.3) is 0 Å². The van der Waals surface area contributed by atoms with Gasteiger partial charge in [0.15, 0.2) is 0 Å². The summed E-state index contributed by atoms with van der Waals surface area (Å²) in [5.74, 6) is 0.221. The van der Waals surface area contributed by atoms with Crippen molar-refractivity contribution in [3.63, 3.8) is 0 Å². The SMILES string of the molecule is CN(Cc1cnn(C)c1)C(=O)C1(C)CCCNC1.Cl.Cl. The second-order valence-electron chi connectivity index (χ2n) is 5.52. The number of aromatic nitrogens is 2. The zero-order valence-electron chi connectivity index (χ0n) is 12.3. The van der Waals surface area contributed by atoms with Crippen LogP contribution in [0.15, 0.2) is 12.4 Å². The molecule has 1 atom stereocenters. The van der Waals surface area contributed by atoms with Crippen LogP contribution in [0.25, 0.3) is 0 Å². The quantitative estimate of drug-likeness (QED) is 0.919. The molecule has 1 saturated heterocycles. The van der Waals surface area contributed by atoms with Crippen molar-refractivity contribution in [2.45, 2.75) is 26.3 Å². The van der Waals surface area contributed by atoms with E-state index in [9.17, 15) is 4.79 Å². The third kappa shape index (κ3) is 4.36. The van der Waals surface area contributed by atoms with Crippen LogP contribution in [0.1, 0.15) is 25.3 Å². The van der Waals surface area contributed by atoms with E-state index < -0.39 is 0 Å². The Labute approximate surface area is 132 Å². The average Bonchev–Trinajstić information content (AvgIpc) is 2.74. The second kappa shape index (κ2) is 7.86. The molecular weight excluding hydrogens is 299 g/mol. The fraction of sp³-hybridized carbons (Fsp3) is 0.692. The molecule has 2 heterocycles. The van der Waals surface area contributed by atoms with Crippen LogP contribution < -0.4 is 5.32 Å². The first-order valence-electron chi connectivity index (χ1n) is 6.45. The number of nitrogens with zero attached hydrogens (tertiary/aromatic N) is 3. The summed E-state index contributed by atoms with van der Waals surface area (Å²) in [5, 5.41) is 7.44. The molecule has 1 aromatic rings. The molecule has 20 heavy (non-hydrogen) atoms. The van der Waals surface area contributed by atoms with Crippen molar-refractivity contribution >= 4 is 30.7 Å². The summed E-state index contributed by atoms with van der Waals surface area (Å²) in [6.07, 6.45) is 5.80. The molecule has 2 rings (SSSR count). The topological polar surface area (TPSA) is 50.2 Å². The number of amides is 1. The highest BCUT2D eigenvalue weighted by atomic mass is 35.5. The summed E-state index contributed by atoms with van der Waals surface area (Å²) in [6.45, 7) is 4.49. The lowest BCUT2D eigenvalue weighted by Gasteiger charge is -2.35. The minimum absolute atomic E-state index is 0. The fourth-order valence-electron chi connectivity index (χ4n) is 2.60. The lowest BCUT2D eigenvalue weighted by molar-refractivity contribution is -0.141. The molecule has 0 saturated carbocycles. The van der Waals surface area contributed by atoms with Crippen molar-refractivity contribution in [2.75, 3.05) is 20.1 Å². The van der Waals surface area contributed by atoms with E-state index in [4.69, 9.17) is 0 Å². The monoisotopic (exact) mass is 322 g/mol. The first-order valence-corrected chi connectivity index (χ1v) is 6.45. The van der Waals surface area contributed by atoms with E-state index in [0.717, 1.165) is 31.5 Å². The minimum Gasteiger partial charge on any atom is -0.341 e. The van der Waals surface area contributed by atoms with Crippen molar-refractivity contribution in [1.29, 1.82) is 0 Å². The van der Waals surface area contributed by atoms with E-state index >= 15 is 0 Å². The molecule has 1 unspecified atom stereocenters. The van der Waals surface area contributed by atoms with Crippen molar-refractivity contribution in [3.05, 3.63) is 18.0 Å². The van der Waals surface area contributed by atoms with Gasteiger partial charge in [-0.15, -0.1) is 24.8 Å². The summed E-state index contributed by atoms with van der Waals surface area (Å²) < 4.78 is 1.76. The number of piperidine rings is 1. The van der Waals surface area contributed by atoms with E-state index in [1.54, 1.807) is 4.68 Å². The lowest BCUT2D eigenvalue weighted by Crippen LogP contribution is -2.48. The number of halogens is 2. The molecule has 0 bridgehead atoms. The highest BCUT2D eigenvalue weighted by molar-refractivity contribution is 5.85. The maximum atomic E-state index is 12.5. The summed E-state index contributed by atoms with van der Waals surface area (Å²) in [5.41, 5.74) is 0.815. The molecule has 7 heteroatoms. The maximum Gasteiger partial charge on any atom is 0.229 e. The minimum atomic E-state index is -0.255. The van der Waals surface area contributed by atoms with Crippen LogP contribution in [0.3, 0.4) is 0 Å². The second-order valence-corrected chi connectivity index (χ2v) is 5.52. The predicted molar refractivity (Wildman–Crippen MR) is 84.4 cm³/mol. The van der Waals surface area contributed by atoms with Gasteiger partial charge in [0, 0.05) is 38.9 Å². The molecule has 5 nitrogen and oxygen atoms in total. The smallest absolute Gasteiger partial charge is 0.229 e. The molecule has 1 amide bonds. The van der Waals surface area contributed by atoms with Gasteiger partial charge in [-0.2, -0.15) is 5.10 Å². The predicted octanol–water partition coefficient (Wildman–Crippen LogP) is 1.61. The van der Waals surface area contributed by atoms with Crippen LogP contribution >= 0.6 is 24.8 Å². The third-order valence-electron chi connectivity index (χ3n) is 3.64. The maximum absolute atomic E-state index is 12.5. The molecule has 1 aliphatic heterocycles. The van der Waals surface area contributed by atoms with Crippen LogP contribution in [0, 0.1) is 5.41 Å². The van der Waals surface area contributed by atoms with Gasteiger partial charge in [-0.05, 0) is 26.3 Å². The van der Waals surface area contributed by atoms with Crippen molar-refractivity contribution in [2.24, 2.45) is 12.5 Å². The van der Waals surface area contributed by atoms with Crippen LogP contribution in [0.5, 0.6) is 0 Å². The van der Waals surface area contributed by atoms with Gasteiger partial charge >= 0.3 is 0 Å². The van der Waals surface area contributed by atoms with Crippen molar-refractivity contribution in [3.8, 4) is 0 Å². The molecule has 1 N–H and O–H groups in total. The summed E-state index contributed by atoms with van der Waals surface area (Å²) >= 11 is 0. The molecule has 1 fully saturated rings. The number of hydrogen-bond acceptors (Lipinski definition) is 3. The van der Waals surface area contributed by atoms with Gasteiger partial charge in [-0.25, -0.2) is 0 Å². The molecule has 0 radical (unpaired) electrons. The Bertz CT molecular complexity index is 430. The normalized spacial score (nSPS) is 21.6. The van der Waals surface area contributed by atoms with E-state index in [1.165, 1.54) is 0 Å². The van der Waals surface area contributed by atoms with Crippen LogP contribution in [-0.4, -0.2) is 40.7 Å². The molecular formula is C13H24Cl2N4O. The van der Waals surface area contributed by atoms with E-state index in [0.29, 0.717) is 6.54 Å². The van der Waals surface area contributed by atoms with Gasteiger partial charge in [-0.1, -0.05) is 0 Å². The number of carbonyl (C=O) groups is 1. The number of aryl methyl sites for hydroxylation is 1. The number of nitrogens with one attached hydrogen (secondary N) is 1. The molecule has 1 aromatic heterocycles. The van der Waals surface area contributed by atoms with E-state index in [2.05, 4.69) is 17.3 Å². The molecule has 1 aliphatic rings. The number of rotatable bonds is 3. The lowest BCUT2D eigenvalue weighted by atomic mass is 9.81. The van der Waals surface area contributed by atoms with Gasteiger partial charge in [0.05, 0.1) is 11.6 Å². The Morgan fingerprint density at radius 1 is 1.55 bits per heavy atom. The van der Waals surface area contributed by atoms with Crippen LogP contribution in [0.4, 0.5) is 0 Å². The summed E-state index contributed by atoms with van der Waals surface area (Å²) in [6, 6.07) is 0. The van der Waals surface area contributed by atoms with Gasteiger partial charge < -0.3 is 10.2 Å². The Balaban J connectivity index is 0.00000180. The molecule has 0 aliphatic carbocycles. The molecule has 0 aromatic carbocycles. The van der Waals surface area contributed by atoms with Gasteiger partial charge in [0.1, 0.15) is 0 Å². The van der Waals surface area contributed by atoms with Gasteiger partial charge in [-0.3, -0.25) is 9.48 Å². The standard InChI is InChI=1S/C13H22N4O.2ClH/c1-13(5-4-6-14-10-13)12(18)16(2)8-11-7-15-17(3)9-11;;/h7,9,14H,4-6,8,10H2,1-3H3;2*1H. The van der Waals surface area contributed by atoms with Gasteiger partial charge in [0.2, 0.25) is 5.91 Å². The Morgan fingerprint density at radius 2 is 2.25 bits per heavy atom. The summed E-state index contributed by atoms with van der Waals surface area (Å²) in [7, 11) is 3.76. The van der Waals surface area contributed by atoms with Crippen LogP contribution in [0.2, 0.25) is 0 Å². The first-order chi connectivity index (χ1) is 8.51. The van der Waals surface area contributed by atoms with Crippen molar-refractivity contribution in [1.82, 2.24) is 20.0 Å². The zero-order valence-corrected chi connectivity index (χ0v) is 13.9. The van der Waals surface area contributed by atoms with Crippen molar-refractivity contribution < 1.29 is 4.79 Å². The Hall–Kier alpha value is -0.780. The third-order valence-corrected chi connectivity index (χ3v) is 3.64. The Morgan fingerprint density at radius 3 is 2.75 bits per heavy atom. The fourth-order valence-corrected chi connectivity index (χ4v) is 2.60. The largest absolute Gasteiger partial charge is 0.341 e. The number of hydrogen-bond donors (Lipinski definition) is 1. The van der Waals surface area contributed by atoms with Crippen LogP contribution in [-0.2, 0) is 18.4 Å². The molecule has 0 spiro atoms. The Kier molecular flexibility index (Phi) is 7.55. The highest BCUT2D eigenvalue weighted by Crippen LogP contribution is 2.28. The van der Waals surface area contributed by atoms with E-state index in [1.807, 2.05) is 31.4 Å². The first kappa shape index (κ1) is 19.2. The summed E-state index contributed by atoms with van der Waals surface area (Å²) in [4.78, 5) is 14.3. The zero-order chi connectivity index (χ0) is 13.2. The average molecular weight is 323 g/mol.